The summed E-state index contributed by atoms with van der Waals surface area (Å²) < 4.78 is 3.30. The molecule has 0 unspecified atom stereocenters. The Labute approximate surface area is 134 Å². The zero-order valence-electron chi connectivity index (χ0n) is 12.6. The Hall–Kier alpha value is -0.820. The summed E-state index contributed by atoms with van der Waals surface area (Å²) in [5.41, 5.74) is 8.17. The van der Waals surface area contributed by atoms with Gasteiger partial charge in [0.15, 0.2) is 0 Å². The van der Waals surface area contributed by atoms with E-state index in [9.17, 15) is 0 Å². The smallest absolute Gasteiger partial charge is 0.201 e. The summed E-state index contributed by atoms with van der Waals surface area (Å²) in [6, 6.07) is 7.35. The standard InChI is InChI=1S/C15H23IN4/c1-10(2)19(11(3)4)7-8-20-14-6-5-12(16)9-13(14)18-15(20)17/h5-6,9-11H,7-8H2,1-4H3,(H2,17,18). The minimum Gasteiger partial charge on any atom is -0.369 e. The molecule has 0 atom stereocenters. The number of anilines is 1. The van der Waals surface area contributed by atoms with E-state index in [-0.39, 0.29) is 0 Å². The Kier molecular flexibility index (Phi) is 4.90. The van der Waals surface area contributed by atoms with Crippen LogP contribution in [-0.4, -0.2) is 33.1 Å². The molecule has 0 bridgehead atoms. The summed E-state index contributed by atoms with van der Waals surface area (Å²) in [5.74, 6) is 0.606. The number of nitrogens with zero attached hydrogens (tertiary/aromatic N) is 3. The fourth-order valence-electron chi connectivity index (χ4n) is 2.68. The number of aromatic nitrogens is 2. The third-order valence-corrected chi connectivity index (χ3v) is 4.32. The minimum absolute atomic E-state index is 0.534. The Morgan fingerprint density at radius 2 is 1.90 bits per heavy atom. The third kappa shape index (κ3) is 3.25. The zero-order valence-corrected chi connectivity index (χ0v) is 14.8. The van der Waals surface area contributed by atoms with Gasteiger partial charge in [0, 0.05) is 28.7 Å². The van der Waals surface area contributed by atoms with Crippen LogP contribution < -0.4 is 5.73 Å². The Balaban J connectivity index is 2.23. The molecule has 2 aromatic rings. The number of hydrogen-bond donors (Lipinski definition) is 1. The van der Waals surface area contributed by atoms with Crippen molar-refractivity contribution in [1.82, 2.24) is 14.5 Å². The Morgan fingerprint density at radius 3 is 2.50 bits per heavy atom. The van der Waals surface area contributed by atoms with Gasteiger partial charge in [-0.15, -0.1) is 0 Å². The van der Waals surface area contributed by atoms with Crippen LogP contribution in [-0.2, 0) is 6.54 Å². The monoisotopic (exact) mass is 386 g/mol. The van der Waals surface area contributed by atoms with Gasteiger partial charge < -0.3 is 10.3 Å². The lowest BCUT2D eigenvalue weighted by atomic mass is 10.2. The van der Waals surface area contributed by atoms with E-state index in [0.29, 0.717) is 18.0 Å². The van der Waals surface area contributed by atoms with E-state index in [1.165, 1.54) is 3.57 Å². The molecule has 4 nitrogen and oxygen atoms in total. The van der Waals surface area contributed by atoms with Crippen LogP contribution in [0.1, 0.15) is 27.7 Å². The van der Waals surface area contributed by atoms with Crippen LogP contribution >= 0.6 is 22.6 Å². The predicted molar refractivity (Wildman–Crippen MR) is 93.8 cm³/mol. The van der Waals surface area contributed by atoms with Crippen molar-refractivity contribution >= 4 is 39.6 Å². The molecule has 0 amide bonds. The van der Waals surface area contributed by atoms with Gasteiger partial charge in [-0.25, -0.2) is 4.98 Å². The van der Waals surface area contributed by atoms with Crippen molar-refractivity contribution in [2.45, 2.75) is 46.3 Å². The molecule has 5 heteroatoms. The quantitative estimate of drug-likeness (QED) is 0.802. The van der Waals surface area contributed by atoms with Crippen LogP contribution in [0.25, 0.3) is 11.0 Å². The van der Waals surface area contributed by atoms with Crippen molar-refractivity contribution in [2.24, 2.45) is 0 Å². The van der Waals surface area contributed by atoms with E-state index in [0.717, 1.165) is 24.1 Å². The average molecular weight is 386 g/mol. The van der Waals surface area contributed by atoms with Crippen LogP contribution in [0.5, 0.6) is 0 Å². The van der Waals surface area contributed by atoms with Gasteiger partial charge in [0.2, 0.25) is 5.95 Å². The summed E-state index contributed by atoms with van der Waals surface area (Å²) in [7, 11) is 0. The number of rotatable bonds is 5. The molecule has 0 saturated carbocycles. The first-order chi connectivity index (χ1) is 9.40. The van der Waals surface area contributed by atoms with E-state index in [1.807, 2.05) is 0 Å². The first kappa shape index (κ1) is 15.6. The first-order valence-electron chi connectivity index (χ1n) is 7.07. The lowest BCUT2D eigenvalue weighted by molar-refractivity contribution is 0.169. The topological polar surface area (TPSA) is 47.1 Å². The summed E-state index contributed by atoms with van der Waals surface area (Å²) in [4.78, 5) is 6.93. The number of fused-ring (bicyclic) bond motifs is 1. The molecule has 0 aliphatic rings. The molecule has 0 aliphatic heterocycles. The van der Waals surface area contributed by atoms with Gasteiger partial charge in [-0.3, -0.25) is 4.90 Å². The maximum absolute atomic E-state index is 6.07. The third-order valence-electron chi connectivity index (χ3n) is 3.65. The van der Waals surface area contributed by atoms with Gasteiger partial charge >= 0.3 is 0 Å². The SMILES string of the molecule is CC(C)N(CCn1c(N)nc2cc(I)ccc21)C(C)C. The number of imidazole rings is 1. The minimum atomic E-state index is 0.534. The molecule has 1 aromatic carbocycles. The number of halogens is 1. The molecule has 2 N–H and O–H groups in total. The highest BCUT2D eigenvalue weighted by Gasteiger charge is 2.15. The van der Waals surface area contributed by atoms with Crippen molar-refractivity contribution in [1.29, 1.82) is 0 Å². The fraction of sp³-hybridized carbons (Fsp3) is 0.533. The van der Waals surface area contributed by atoms with Crippen LogP contribution in [0.3, 0.4) is 0 Å². The van der Waals surface area contributed by atoms with Gasteiger partial charge in [0.1, 0.15) is 0 Å². The van der Waals surface area contributed by atoms with Gasteiger partial charge in [-0.2, -0.15) is 0 Å². The number of nitrogens with two attached hydrogens (primary N) is 1. The second-order valence-corrected chi connectivity index (χ2v) is 6.93. The van der Waals surface area contributed by atoms with Crippen LogP contribution in [0, 0.1) is 3.57 Å². The zero-order chi connectivity index (χ0) is 14.9. The predicted octanol–water partition coefficient (Wildman–Crippen LogP) is 3.34. The molecular formula is C15H23IN4. The van der Waals surface area contributed by atoms with Crippen molar-refractivity contribution in [3.63, 3.8) is 0 Å². The van der Waals surface area contributed by atoms with Crippen LogP contribution in [0.4, 0.5) is 5.95 Å². The number of benzene rings is 1. The molecular weight excluding hydrogens is 363 g/mol. The lowest BCUT2D eigenvalue weighted by Crippen LogP contribution is -2.39. The fourth-order valence-corrected chi connectivity index (χ4v) is 3.16. The number of hydrogen-bond acceptors (Lipinski definition) is 3. The molecule has 20 heavy (non-hydrogen) atoms. The highest BCUT2D eigenvalue weighted by molar-refractivity contribution is 14.1. The van der Waals surface area contributed by atoms with Crippen molar-refractivity contribution < 1.29 is 0 Å². The molecule has 110 valence electrons. The maximum Gasteiger partial charge on any atom is 0.201 e. The van der Waals surface area contributed by atoms with E-state index in [1.54, 1.807) is 0 Å². The maximum atomic E-state index is 6.07. The highest BCUT2D eigenvalue weighted by Crippen LogP contribution is 2.20. The summed E-state index contributed by atoms with van der Waals surface area (Å²) >= 11 is 2.30. The van der Waals surface area contributed by atoms with E-state index in [4.69, 9.17) is 5.73 Å². The second-order valence-electron chi connectivity index (χ2n) is 5.68. The molecule has 0 fully saturated rings. The molecule has 0 spiro atoms. The largest absolute Gasteiger partial charge is 0.369 e. The van der Waals surface area contributed by atoms with Gasteiger partial charge in [-0.1, -0.05) is 0 Å². The van der Waals surface area contributed by atoms with Crippen molar-refractivity contribution in [2.75, 3.05) is 12.3 Å². The van der Waals surface area contributed by atoms with E-state index < -0.39 is 0 Å². The van der Waals surface area contributed by atoms with Crippen LogP contribution in [0.15, 0.2) is 18.2 Å². The first-order valence-corrected chi connectivity index (χ1v) is 8.15. The molecule has 2 rings (SSSR count). The van der Waals surface area contributed by atoms with Crippen molar-refractivity contribution in [3.05, 3.63) is 21.8 Å². The average Bonchev–Trinajstić information content (AvgIpc) is 2.64. The van der Waals surface area contributed by atoms with Gasteiger partial charge in [0.05, 0.1) is 11.0 Å². The molecule has 1 aromatic heterocycles. The van der Waals surface area contributed by atoms with Gasteiger partial charge in [-0.05, 0) is 68.5 Å². The summed E-state index contributed by atoms with van der Waals surface area (Å²) in [6.07, 6.45) is 0. The summed E-state index contributed by atoms with van der Waals surface area (Å²) in [6.45, 7) is 10.8. The van der Waals surface area contributed by atoms with Crippen LogP contribution in [0.2, 0.25) is 0 Å². The highest BCUT2D eigenvalue weighted by atomic mass is 127. The Morgan fingerprint density at radius 1 is 1.25 bits per heavy atom. The Bertz CT molecular complexity index is 581. The number of nitrogen functional groups attached to an aromatic ring is 1. The summed E-state index contributed by atoms with van der Waals surface area (Å²) in [5, 5.41) is 0. The lowest BCUT2D eigenvalue weighted by Gasteiger charge is -2.30. The molecule has 0 radical (unpaired) electrons. The second kappa shape index (κ2) is 6.30. The molecule has 0 aliphatic carbocycles. The molecule has 1 heterocycles. The van der Waals surface area contributed by atoms with E-state index >= 15 is 0 Å². The van der Waals surface area contributed by atoms with Gasteiger partial charge in [0.25, 0.3) is 0 Å². The normalized spacial score (nSPS) is 12.2. The van der Waals surface area contributed by atoms with Crippen molar-refractivity contribution in [3.8, 4) is 0 Å². The molecule has 0 saturated heterocycles. The van der Waals surface area contributed by atoms with E-state index in [2.05, 4.69) is 82.9 Å².